The highest BCUT2D eigenvalue weighted by Crippen LogP contribution is 2.23. The minimum Gasteiger partial charge on any atom is -0.497 e. The van der Waals surface area contributed by atoms with Crippen molar-refractivity contribution in [1.82, 2.24) is 20.2 Å². The molecule has 1 atom stereocenters. The highest BCUT2D eigenvalue weighted by Gasteiger charge is 2.20. The predicted octanol–water partition coefficient (Wildman–Crippen LogP) is 2.38. The Labute approximate surface area is 176 Å². The standard InChI is InChI=1S/C23H26N4O3/c1-27-15-14-25-23(27)22(18-8-10-19(30-2)11-9-18)26-20(28)12-13-24-21(29)16-17-6-4-3-5-7-17/h3-11,14-15,22H,12-13,16H2,1-2H3,(H,24,29)(H,26,28). The maximum absolute atomic E-state index is 12.6. The van der Waals surface area contributed by atoms with Gasteiger partial charge in [-0.1, -0.05) is 42.5 Å². The lowest BCUT2D eigenvalue weighted by molar-refractivity contribution is -0.122. The molecule has 1 aromatic heterocycles. The molecule has 7 nitrogen and oxygen atoms in total. The Bertz CT molecular complexity index is 968. The number of nitrogens with zero attached hydrogens (tertiary/aromatic N) is 2. The molecule has 1 heterocycles. The Balaban J connectivity index is 1.58. The summed E-state index contributed by atoms with van der Waals surface area (Å²) in [5.41, 5.74) is 1.83. The molecule has 156 valence electrons. The quantitative estimate of drug-likeness (QED) is 0.571. The monoisotopic (exact) mass is 406 g/mol. The van der Waals surface area contributed by atoms with Crippen molar-refractivity contribution >= 4 is 11.8 Å². The van der Waals surface area contributed by atoms with Crippen LogP contribution in [-0.2, 0) is 23.1 Å². The lowest BCUT2D eigenvalue weighted by atomic mass is 10.1. The van der Waals surface area contributed by atoms with Crippen LogP contribution in [-0.4, -0.2) is 35.0 Å². The van der Waals surface area contributed by atoms with E-state index in [4.69, 9.17) is 4.74 Å². The van der Waals surface area contributed by atoms with Crippen molar-refractivity contribution in [2.75, 3.05) is 13.7 Å². The van der Waals surface area contributed by atoms with Crippen molar-refractivity contribution in [2.45, 2.75) is 18.9 Å². The van der Waals surface area contributed by atoms with Crippen LogP contribution in [0.5, 0.6) is 5.75 Å². The zero-order chi connectivity index (χ0) is 21.3. The number of aryl methyl sites for hydroxylation is 1. The van der Waals surface area contributed by atoms with Gasteiger partial charge in [-0.25, -0.2) is 4.98 Å². The zero-order valence-corrected chi connectivity index (χ0v) is 17.2. The number of carbonyl (C=O) groups excluding carboxylic acids is 2. The maximum atomic E-state index is 12.6. The van der Waals surface area contributed by atoms with E-state index < -0.39 is 6.04 Å². The molecule has 1 unspecified atom stereocenters. The second kappa shape index (κ2) is 10.2. The molecule has 0 bridgehead atoms. The summed E-state index contributed by atoms with van der Waals surface area (Å²) >= 11 is 0. The summed E-state index contributed by atoms with van der Waals surface area (Å²) in [4.78, 5) is 29.0. The van der Waals surface area contributed by atoms with Gasteiger partial charge in [-0.2, -0.15) is 0 Å². The van der Waals surface area contributed by atoms with Gasteiger partial charge in [0.2, 0.25) is 11.8 Å². The molecule has 0 radical (unpaired) electrons. The van der Waals surface area contributed by atoms with Gasteiger partial charge in [0.25, 0.3) is 0 Å². The van der Waals surface area contributed by atoms with E-state index in [1.54, 1.807) is 13.3 Å². The first-order chi connectivity index (χ1) is 14.6. The molecule has 7 heteroatoms. The van der Waals surface area contributed by atoms with Gasteiger partial charge >= 0.3 is 0 Å². The van der Waals surface area contributed by atoms with Gasteiger partial charge in [0, 0.05) is 32.4 Å². The number of amides is 2. The number of methoxy groups -OCH3 is 1. The second-order valence-electron chi connectivity index (χ2n) is 6.93. The SMILES string of the molecule is COc1ccc(C(NC(=O)CCNC(=O)Cc2ccccc2)c2nccn2C)cc1. The molecule has 0 saturated heterocycles. The van der Waals surface area contributed by atoms with E-state index in [9.17, 15) is 9.59 Å². The van der Waals surface area contributed by atoms with E-state index in [1.165, 1.54) is 0 Å². The molecular formula is C23H26N4O3. The van der Waals surface area contributed by atoms with Gasteiger partial charge in [-0.3, -0.25) is 9.59 Å². The predicted molar refractivity (Wildman–Crippen MR) is 114 cm³/mol. The van der Waals surface area contributed by atoms with E-state index in [-0.39, 0.29) is 24.8 Å². The van der Waals surface area contributed by atoms with Crippen molar-refractivity contribution in [3.63, 3.8) is 0 Å². The zero-order valence-electron chi connectivity index (χ0n) is 17.2. The molecule has 3 aromatic rings. The fraction of sp³-hybridized carbons (Fsp3) is 0.261. The molecule has 0 fully saturated rings. The Morgan fingerprint density at radius 3 is 2.43 bits per heavy atom. The average Bonchev–Trinajstić information content (AvgIpc) is 3.18. The molecule has 2 amide bonds. The van der Waals surface area contributed by atoms with E-state index >= 15 is 0 Å². The van der Waals surface area contributed by atoms with Crippen LogP contribution >= 0.6 is 0 Å². The van der Waals surface area contributed by atoms with Crippen molar-refractivity contribution in [1.29, 1.82) is 0 Å². The van der Waals surface area contributed by atoms with Crippen LogP contribution in [0, 0.1) is 0 Å². The molecule has 0 aliphatic rings. The highest BCUT2D eigenvalue weighted by atomic mass is 16.5. The van der Waals surface area contributed by atoms with Crippen molar-refractivity contribution in [2.24, 2.45) is 7.05 Å². The van der Waals surface area contributed by atoms with Crippen molar-refractivity contribution in [3.05, 3.63) is 83.9 Å². The van der Waals surface area contributed by atoms with Gasteiger partial charge in [-0.05, 0) is 23.3 Å². The summed E-state index contributed by atoms with van der Waals surface area (Å²) in [5.74, 6) is 1.19. The summed E-state index contributed by atoms with van der Waals surface area (Å²) in [6, 6.07) is 16.6. The molecule has 0 aliphatic carbocycles. The van der Waals surface area contributed by atoms with Crippen LogP contribution in [0.25, 0.3) is 0 Å². The third kappa shape index (κ3) is 5.70. The largest absolute Gasteiger partial charge is 0.497 e. The van der Waals surface area contributed by atoms with E-state index in [0.717, 1.165) is 22.7 Å². The molecule has 0 saturated carbocycles. The average molecular weight is 406 g/mol. The third-order valence-electron chi connectivity index (χ3n) is 4.75. The van der Waals surface area contributed by atoms with Crippen molar-refractivity contribution in [3.8, 4) is 5.75 Å². The van der Waals surface area contributed by atoms with Gasteiger partial charge in [-0.15, -0.1) is 0 Å². The fourth-order valence-electron chi connectivity index (χ4n) is 3.14. The van der Waals surface area contributed by atoms with Gasteiger partial charge in [0.15, 0.2) is 0 Å². The molecule has 30 heavy (non-hydrogen) atoms. The number of imidazole rings is 1. The first-order valence-corrected chi connectivity index (χ1v) is 9.78. The summed E-state index contributed by atoms with van der Waals surface area (Å²) in [6.07, 6.45) is 4.01. The smallest absolute Gasteiger partial charge is 0.224 e. The minimum atomic E-state index is -0.400. The van der Waals surface area contributed by atoms with Gasteiger partial charge < -0.3 is 19.9 Å². The molecule has 3 rings (SSSR count). The summed E-state index contributed by atoms with van der Waals surface area (Å²) in [5, 5.41) is 5.82. The Morgan fingerprint density at radius 1 is 1.07 bits per heavy atom. The third-order valence-corrected chi connectivity index (χ3v) is 4.75. The Morgan fingerprint density at radius 2 is 1.80 bits per heavy atom. The number of benzene rings is 2. The number of ether oxygens (including phenoxy) is 1. The number of aromatic nitrogens is 2. The van der Waals surface area contributed by atoms with E-state index in [1.807, 2.05) is 72.4 Å². The first-order valence-electron chi connectivity index (χ1n) is 9.78. The van der Waals surface area contributed by atoms with Crippen LogP contribution < -0.4 is 15.4 Å². The lowest BCUT2D eigenvalue weighted by Gasteiger charge is -2.19. The highest BCUT2D eigenvalue weighted by molar-refractivity contribution is 5.80. The Kier molecular flexibility index (Phi) is 7.21. The number of rotatable bonds is 9. The van der Waals surface area contributed by atoms with E-state index in [2.05, 4.69) is 15.6 Å². The maximum Gasteiger partial charge on any atom is 0.224 e. The second-order valence-corrected chi connectivity index (χ2v) is 6.93. The van der Waals surface area contributed by atoms with Gasteiger partial charge in [0.1, 0.15) is 17.6 Å². The molecule has 2 aromatic carbocycles. The minimum absolute atomic E-state index is 0.107. The fourth-order valence-corrected chi connectivity index (χ4v) is 3.14. The summed E-state index contributed by atoms with van der Waals surface area (Å²) in [6.45, 7) is 0.271. The van der Waals surface area contributed by atoms with Crippen molar-refractivity contribution < 1.29 is 14.3 Å². The first kappa shape index (κ1) is 21.1. The summed E-state index contributed by atoms with van der Waals surface area (Å²) in [7, 11) is 3.49. The summed E-state index contributed by atoms with van der Waals surface area (Å²) < 4.78 is 7.09. The normalized spacial score (nSPS) is 11.5. The molecule has 0 aliphatic heterocycles. The van der Waals surface area contributed by atoms with Crippen LogP contribution in [0.15, 0.2) is 67.0 Å². The molecule has 0 spiro atoms. The number of hydrogen-bond donors (Lipinski definition) is 2. The topological polar surface area (TPSA) is 85.2 Å². The van der Waals surface area contributed by atoms with Gasteiger partial charge in [0.05, 0.1) is 13.5 Å². The number of carbonyl (C=O) groups is 2. The molecular weight excluding hydrogens is 380 g/mol. The Hall–Kier alpha value is -3.61. The van der Waals surface area contributed by atoms with Crippen LogP contribution in [0.4, 0.5) is 0 Å². The van der Waals surface area contributed by atoms with Crippen LogP contribution in [0.3, 0.4) is 0 Å². The van der Waals surface area contributed by atoms with Crippen LogP contribution in [0.2, 0.25) is 0 Å². The molecule has 2 N–H and O–H groups in total. The lowest BCUT2D eigenvalue weighted by Crippen LogP contribution is -2.34. The van der Waals surface area contributed by atoms with E-state index in [0.29, 0.717) is 6.42 Å². The van der Waals surface area contributed by atoms with Crippen LogP contribution in [0.1, 0.15) is 29.4 Å². The number of nitrogens with one attached hydrogen (secondary N) is 2. The number of hydrogen-bond acceptors (Lipinski definition) is 4.